The zero-order valence-electron chi connectivity index (χ0n) is 7.54. The predicted octanol–water partition coefficient (Wildman–Crippen LogP) is 1.77. The molecule has 1 aromatic carbocycles. The van der Waals surface area contributed by atoms with E-state index in [4.69, 9.17) is 15.3 Å². The van der Waals surface area contributed by atoms with Gasteiger partial charge in [0.2, 0.25) is 0 Å². The molecule has 0 unspecified atom stereocenters. The molecule has 4 heteroatoms. The summed E-state index contributed by atoms with van der Waals surface area (Å²) in [6.07, 6.45) is -0.00296. The molecule has 14 heavy (non-hydrogen) atoms. The average molecular weight is 190 g/mol. The molecule has 0 aliphatic rings. The molecule has 0 N–H and O–H groups in total. The highest BCUT2D eigenvalue weighted by atomic mass is 19.1. The highest BCUT2D eigenvalue weighted by Crippen LogP contribution is 2.21. The summed E-state index contributed by atoms with van der Waals surface area (Å²) in [6, 6.07) is 6.20. The van der Waals surface area contributed by atoms with Gasteiger partial charge in [0.25, 0.3) is 0 Å². The lowest BCUT2D eigenvalue weighted by molar-refractivity contribution is 0.410. The number of ether oxygens (including phenoxy) is 1. The Morgan fingerprint density at radius 3 is 2.64 bits per heavy atom. The van der Waals surface area contributed by atoms with Crippen LogP contribution in [0.4, 0.5) is 4.39 Å². The van der Waals surface area contributed by atoms with E-state index >= 15 is 0 Å². The van der Waals surface area contributed by atoms with E-state index in [9.17, 15) is 4.39 Å². The largest absolute Gasteiger partial charge is 0.497 e. The average Bonchev–Trinajstić information content (AvgIpc) is 2.18. The molecule has 0 saturated heterocycles. The third-order valence-electron chi connectivity index (χ3n) is 1.76. The van der Waals surface area contributed by atoms with Crippen molar-refractivity contribution in [2.24, 2.45) is 0 Å². The molecule has 1 rings (SSSR count). The van der Waals surface area contributed by atoms with Gasteiger partial charge in [-0.3, -0.25) is 0 Å². The molecule has 0 aliphatic carbocycles. The van der Waals surface area contributed by atoms with Crippen LogP contribution in [0.3, 0.4) is 0 Å². The standard InChI is InChI=1S/C10H7FN2O/c1-14-8-4-7(2-3-12)9(6-13)10(11)5-8/h4-5H,2H2,1H3. The van der Waals surface area contributed by atoms with Crippen molar-refractivity contribution < 1.29 is 9.13 Å². The molecule has 0 fully saturated rings. The van der Waals surface area contributed by atoms with Crippen molar-refractivity contribution >= 4 is 0 Å². The quantitative estimate of drug-likeness (QED) is 0.714. The van der Waals surface area contributed by atoms with Gasteiger partial charge in [0, 0.05) is 6.07 Å². The molecule has 70 valence electrons. The molecule has 3 nitrogen and oxygen atoms in total. The van der Waals surface area contributed by atoms with E-state index < -0.39 is 5.82 Å². The van der Waals surface area contributed by atoms with Crippen molar-refractivity contribution in [3.8, 4) is 17.9 Å². The molecule has 0 radical (unpaired) electrons. The summed E-state index contributed by atoms with van der Waals surface area (Å²) in [4.78, 5) is 0. The lowest BCUT2D eigenvalue weighted by Crippen LogP contribution is -1.95. The van der Waals surface area contributed by atoms with Crippen LogP contribution in [-0.2, 0) is 6.42 Å². The van der Waals surface area contributed by atoms with Gasteiger partial charge in [-0.1, -0.05) is 0 Å². The van der Waals surface area contributed by atoms with Gasteiger partial charge in [-0.05, 0) is 11.6 Å². The lowest BCUT2D eigenvalue weighted by Gasteiger charge is -2.04. The fourth-order valence-electron chi connectivity index (χ4n) is 1.10. The summed E-state index contributed by atoms with van der Waals surface area (Å²) in [6.45, 7) is 0. The SMILES string of the molecule is COc1cc(F)c(C#N)c(CC#N)c1. The number of hydrogen-bond acceptors (Lipinski definition) is 3. The molecule has 0 bridgehead atoms. The van der Waals surface area contributed by atoms with Crippen molar-refractivity contribution in [3.05, 3.63) is 29.1 Å². The highest BCUT2D eigenvalue weighted by molar-refractivity contribution is 5.45. The van der Waals surface area contributed by atoms with Crippen molar-refractivity contribution in [3.63, 3.8) is 0 Å². The van der Waals surface area contributed by atoms with Crippen molar-refractivity contribution in [1.29, 1.82) is 10.5 Å². The number of rotatable bonds is 2. The van der Waals surface area contributed by atoms with Crippen LogP contribution < -0.4 is 4.74 Å². The number of hydrogen-bond donors (Lipinski definition) is 0. The second-order valence-corrected chi connectivity index (χ2v) is 2.59. The third-order valence-corrected chi connectivity index (χ3v) is 1.76. The molecule has 0 saturated carbocycles. The second-order valence-electron chi connectivity index (χ2n) is 2.59. The molecule has 0 heterocycles. The van der Waals surface area contributed by atoms with Crippen LogP contribution in [0.25, 0.3) is 0 Å². The van der Waals surface area contributed by atoms with Gasteiger partial charge in [-0.15, -0.1) is 0 Å². The first-order valence-corrected chi connectivity index (χ1v) is 3.86. The summed E-state index contributed by atoms with van der Waals surface area (Å²) in [5.74, 6) is -0.344. The number of nitriles is 2. The van der Waals surface area contributed by atoms with Gasteiger partial charge >= 0.3 is 0 Å². The van der Waals surface area contributed by atoms with Crippen LogP contribution in [0.1, 0.15) is 11.1 Å². The molecule has 0 aromatic heterocycles. The van der Waals surface area contributed by atoms with Gasteiger partial charge in [-0.2, -0.15) is 10.5 Å². The van der Waals surface area contributed by atoms with E-state index in [2.05, 4.69) is 0 Å². The Bertz CT molecular complexity index is 429. The summed E-state index contributed by atoms with van der Waals surface area (Å²) in [5, 5.41) is 17.1. The van der Waals surface area contributed by atoms with E-state index in [0.717, 1.165) is 6.07 Å². The zero-order chi connectivity index (χ0) is 10.6. The minimum absolute atomic E-state index is 0.00296. The third kappa shape index (κ3) is 1.81. The normalized spacial score (nSPS) is 8.86. The fraction of sp³-hybridized carbons (Fsp3) is 0.200. The summed E-state index contributed by atoms with van der Waals surface area (Å²) in [5.41, 5.74) is 0.263. The van der Waals surface area contributed by atoms with Crippen molar-refractivity contribution in [1.82, 2.24) is 0 Å². The Hall–Kier alpha value is -2.07. The van der Waals surface area contributed by atoms with Gasteiger partial charge in [0.05, 0.1) is 25.2 Å². The Balaban J connectivity index is 3.31. The van der Waals surface area contributed by atoms with Crippen LogP contribution in [0, 0.1) is 28.5 Å². The van der Waals surface area contributed by atoms with Crippen LogP contribution in [0.5, 0.6) is 5.75 Å². The van der Waals surface area contributed by atoms with Gasteiger partial charge in [-0.25, -0.2) is 4.39 Å². The van der Waals surface area contributed by atoms with Gasteiger partial charge in [0.15, 0.2) is 0 Å². The Kier molecular flexibility index (Phi) is 3.04. The molecular formula is C10H7FN2O. The van der Waals surface area contributed by atoms with Crippen molar-refractivity contribution in [2.75, 3.05) is 7.11 Å². The number of benzene rings is 1. The van der Waals surface area contributed by atoms with Crippen LogP contribution in [0.2, 0.25) is 0 Å². The van der Waals surface area contributed by atoms with E-state index in [-0.39, 0.29) is 12.0 Å². The first-order valence-electron chi connectivity index (χ1n) is 3.86. The number of nitrogens with zero attached hydrogens (tertiary/aromatic N) is 2. The van der Waals surface area contributed by atoms with E-state index in [1.165, 1.54) is 13.2 Å². The molecule has 0 aliphatic heterocycles. The minimum Gasteiger partial charge on any atom is -0.497 e. The van der Waals surface area contributed by atoms with Crippen molar-refractivity contribution in [2.45, 2.75) is 6.42 Å². The molecule has 0 spiro atoms. The van der Waals surface area contributed by atoms with E-state index in [0.29, 0.717) is 11.3 Å². The smallest absolute Gasteiger partial charge is 0.144 e. The van der Waals surface area contributed by atoms with E-state index in [1.807, 2.05) is 6.07 Å². The van der Waals surface area contributed by atoms with E-state index in [1.54, 1.807) is 6.07 Å². The van der Waals surface area contributed by atoms with Crippen LogP contribution in [0.15, 0.2) is 12.1 Å². The maximum absolute atomic E-state index is 13.2. The zero-order valence-corrected chi connectivity index (χ0v) is 7.54. The molecular weight excluding hydrogens is 183 g/mol. The summed E-state index contributed by atoms with van der Waals surface area (Å²) in [7, 11) is 1.40. The monoisotopic (exact) mass is 190 g/mol. The Morgan fingerprint density at radius 1 is 1.43 bits per heavy atom. The maximum Gasteiger partial charge on any atom is 0.144 e. The molecule has 1 aromatic rings. The number of halogens is 1. The summed E-state index contributed by atoms with van der Waals surface area (Å²) < 4.78 is 18.0. The summed E-state index contributed by atoms with van der Waals surface area (Å²) >= 11 is 0. The minimum atomic E-state index is -0.655. The highest BCUT2D eigenvalue weighted by Gasteiger charge is 2.10. The Labute approximate surface area is 81.0 Å². The maximum atomic E-state index is 13.2. The molecule has 0 atom stereocenters. The molecule has 0 amide bonds. The topological polar surface area (TPSA) is 56.8 Å². The number of methoxy groups -OCH3 is 1. The first-order chi connectivity index (χ1) is 6.72. The van der Waals surface area contributed by atoms with Gasteiger partial charge in [0.1, 0.15) is 17.6 Å². The van der Waals surface area contributed by atoms with Crippen LogP contribution >= 0.6 is 0 Å². The van der Waals surface area contributed by atoms with Gasteiger partial charge < -0.3 is 4.74 Å². The fourth-order valence-corrected chi connectivity index (χ4v) is 1.10. The lowest BCUT2D eigenvalue weighted by atomic mass is 10.1. The first kappa shape index (κ1) is 10.0. The Morgan fingerprint density at radius 2 is 2.14 bits per heavy atom. The predicted molar refractivity (Wildman–Crippen MR) is 47.0 cm³/mol. The second kappa shape index (κ2) is 4.25. The van der Waals surface area contributed by atoms with Crippen LogP contribution in [-0.4, -0.2) is 7.11 Å².